The van der Waals surface area contributed by atoms with Crippen LogP contribution < -0.4 is 4.90 Å². The van der Waals surface area contributed by atoms with Crippen LogP contribution in [0.25, 0.3) is 63.6 Å². The molecule has 206 valence electrons. The Morgan fingerprint density at radius 1 is 0.295 bits per heavy atom. The molecule has 8 aromatic carbocycles. The minimum absolute atomic E-state index is 1.13. The van der Waals surface area contributed by atoms with Crippen LogP contribution in [0.2, 0.25) is 0 Å². The smallest absolute Gasteiger partial charge is 0.0468 e. The summed E-state index contributed by atoms with van der Waals surface area (Å²) in [6.45, 7) is 0. The Labute approximate surface area is 259 Å². The third kappa shape index (κ3) is 4.00. The van der Waals surface area contributed by atoms with Gasteiger partial charge in [-0.2, -0.15) is 0 Å². The zero-order valence-electron chi connectivity index (χ0n) is 23.9. The van der Waals surface area contributed by atoms with Crippen LogP contribution in [-0.2, 0) is 0 Å². The third-order valence-corrected chi connectivity index (χ3v) is 9.99. The molecule has 0 unspecified atom stereocenters. The van der Waals surface area contributed by atoms with Gasteiger partial charge >= 0.3 is 0 Å². The molecule has 0 aliphatic heterocycles. The molecular formula is C42H27NS. The lowest BCUT2D eigenvalue weighted by molar-refractivity contribution is 1.30. The first-order chi connectivity index (χ1) is 21.8. The molecule has 0 spiro atoms. The van der Waals surface area contributed by atoms with E-state index in [2.05, 4.69) is 169 Å². The summed E-state index contributed by atoms with van der Waals surface area (Å²) in [5.41, 5.74) is 5.86. The van der Waals surface area contributed by atoms with Gasteiger partial charge in [0, 0.05) is 37.2 Å². The molecule has 1 heterocycles. The SMILES string of the molecule is c1ccc(-c2ccc(N(c3ccc4sc5ccccc5c4c3)c3ccc4c5ccccc5c5ccccc5c4c3)cc2)cc1. The summed E-state index contributed by atoms with van der Waals surface area (Å²) in [6, 6.07) is 59.8. The summed E-state index contributed by atoms with van der Waals surface area (Å²) in [5, 5.41) is 10.3. The number of anilines is 3. The molecule has 0 radical (unpaired) electrons. The van der Waals surface area contributed by atoms with E-state index in [0.29, 0.717) is 0 Å². The van der Waals surface area contributed by atoms with Gasteiger partial charge in [0.15, 0.2) is 0 Å². The van der Waals surface area contributed by atoms with Gasteiger partial charge in [-0.15, -0.1) is 11.3 Å². The molecule has 0 saturated carbocycles. The Hall–Kier alpha value is -5.44. The van der Waals surface area contributed by atoms with Crippen LogP contribution in [0.1, 0.15) is 0 Å². The fourth-order valence-electron chi connectivity index (χ4n) is 6.77. The number of nitrogens with zero attached hydrogens (tertiary/aromatic N) is 1. The number of fused-ring (bicyclic) bond motifs is 9. The highest BCUT2D eigenvalue weighted by Gasteiger charge is 2.17. The maximum absolute atomic E-state index is 2.41. The van der Waals surface area contributed by atoms with Crippen LogP contribution in [0.15, 0.2) is 164 Å². The van der Waals surface area contributed by atoms with Crippen molar-refractivity contribution in [3.63, 3.8) is 0 Å². The summed E-state index contributed by atoms with van der Waals surface area (Å²) in [6.07, 6.45) is 0. The first-order valence-corrected chi connectivity index (χ1v) is 15.8. The molecule has 2 heteroatoms. The van der Waals surface area contributed by atoms with E-state index < -0.39 is 0 Å². The molecule has 0 N–H and O–H groups in total. The van der Waals surface area contributed by atoms with Crippen molar-refractivity contribution in [2.75, 3.05) is 4.90 Å². The van der Waals surface area contributed by atoms with E-state index in [1.165, 1.54) is 63.6 Å². The average Bonchev–Trinajstić information content (AvgIpc) is 3.47. The molecule has 0 fully saturated rings. The van der Waals surface area contributed by atoms with Crippen molar-refractivity contribution in [1.82, 2.24) is 0 Å². The fourth-order valence-corrected chi connectivity index (χ4v) is 7.86. The van der Waals surface area contributed by atoms with Crippen LogP contribution in [0.5, 0.6) is 0 Å². The predicted octanol–water partition coefficient (Wildman–Crippen LogP) is 12.7. The van der Waals surface area contributed by atoms with Crippen molar-refractivity contribution < 1.29 is 0 Å². The molecule has 9 rings (SSSR count). The van der Waals surface area contributed by atoms with Crippen LogP contribution >= 0.6 is 11.3 Å². The lowest BCUT2D eigenvalue weighted by Crippen LogP contribution is -2.09. The van der Waals surface area contributed by atoms with Crippen molar-refractivity contribution in [1.29, 1.82) is 0 Å². The second-order valence-corrected chi connectivity index (χ2v) is 12.4. The lowest BCUT2D eigenvalue weighted by Gasteiger charge is -2.26. The van der Waals surface area contributed by atoms with Gasteiger partial charge in [0.2, 0.25) is 0 Å². The van der Waals surface area contributed by atoms with E-state index in [0.717, 1.165) is 17.1 Å². The third-order valence-electron chi connectivity index (χ3n) is 8.84. The molecule has 0 aliphatic rings. The summed E-state index contributed by atoms with van der Waals surface area (Å²) < 4.78 is 2.63. The molecule has 0 saturated heterocycles. The molecule has 0 bridgehead atoms. The maximum Gasteiger partial charge on any atom is 0.0468 e. The summed E-state index contributed by atoms with van der Waals surface area (Å²) >= 11 is 1.86. The van der Waals surface area contributed by atoms with Gasteiger partial charge in [0.25, 0.3) is 0 Å². The zero-order valence-corrected chi connectivity index (χ0v) is 24.8. The van der Waals surface area contributed by atoms with E-state index in [1.54, 1.807) is 0 Å². The molecule has 1 nitrogen and oxygen atoms in total. The van der Waals surface area contributed by atoms with Crippen molar-refractivity contribution in [3.05, 3.63) is 164 Å². The summed E-state index contributed by atoms with van der Waals surface area (Å²) in [4.78, 5) is 2.41. The normalized spacial score (nSPS) is 11.6. The minimum Gasteiger partial charge on any atom is -0.310 e. The zero-order chi connectivity index (χ0) is 29.0. The lowest BCUT2D eigenvalue weighted by atomic mass is 9.94. The van der Waals surface area contributed by atoms with Crippen LogP contribution in [0.4, 0.5) is 17.1 Å². The molecule has 0 amide bonds. The van der Waals surface area contributed by atoms with Gasteiger partial charge in [0.05, 0.1) is 0 Å². The van der Waals surface area contributed by atoms with E-state index in [4.69, 9.17) is 0 Å². The quantitative estimate of drug-likeness (QED) is 0.188. The van der Waals surface area contributed by atoms with E-state index in [1.807, 2.05) is 11.3 Å². The Morgan fingerprint density at radius 3 is 1.43 bits per heavy atom. The second kappa shape index (κ2) is 10.1. The highest BCUT2D eigenvalue weighted by Crippen LogP contribution is 2.43. The molecular weight excluding hydrogens is 551 g/mol. The number of thiophene rings is 1. The van der Waals surface area contributed by atoms with Gasteiger partial charge in [-0.1, -0.05) is 115 Å². The Balaban J connectivity index is 1.29. The van der Waals surface area contributed by atoms with Gasteiger partial charge in [0.1, 0.15) is 0 Å². The van der Waals surface area contributed by atoms with Crippen molar-refractivity contribution >= 4 is 80.9 Å². The van der Waals surface area contributed by atoms with Gasteiger partial charge < -0.3 is 4.90 Å². The predicted molar refractivity (Wildman–Crippen MR) is 192 cm³/mol. The fraction of sp³-hybridized carbons (Fsp3) is 0. The summed E-state index contributed by atoms with van der Waals surface area (Å²) in [5.74, 6) is 0. The second-order valence-electron chi connectivity index (χ2n) is 11.3. The number of hydrogen-bond donors (Lipinski definition) is 0. The van der Waals surface area contributed by atoms with Crippen LogP contribution in [-0.4, -0.2) is 0 Å². The molecule has 44 heavy (non-hydrogen) atoms. The number of benzene rings is 8. The molecule has 0 aliphatic carbocycles. The van der Waals surface area contributed by atoms with E-state index >= 15 is 0 Å². The number of rotatable bonds is 4. The average molecular weight is 578 g/mol. The van der Waals surface area contributed by atoms with Crippen LogP contribution in [0, 0.1) is 0 Å². The van der Waals surface area contributed by atoms with Crippen molar-refractivity contribution in [3.8, 4) is 11.1 Å². The molecule has 0 atom stereocenters. The van der Waals surface area contributed by atoms with Gasteiger partial charge in [-0.05, 0) is 92.0 Å². The molecule has 9 aromatic rings. The number of hydrogen-bond acceptors (Lipinski definition) is 2. The first-order valence-electron chi connectivity index (χ1n) is 15.0. The van der Waals surface area contributed by atoms with Gasteiger partial charge in [-0.3, -0.25) is 0 Å². The summed E-state index contributed by atoms with van der Waals surface area (Å²) in [7, 11) is 0. The van der Waals surface area contributed by atoms with Gasteiger partial charge in [-0.25, -0.2) is 0 Å². The topological polar surface area (TPSA) is 3.24 Å². The highest BCUT2D eigenvalue weighted by molar-refractivity contribution is 7.25. The van der Waals surface area contributed by atoms with Crippen molar-refractivity contribution in [2.45, 2.75) is 0 Å². The highest BCUT2D eigenvalue weighted by atomic mass is 32.1. The maximum atomic E-state index is 2.41. The monoisotopic (exact) mass is 577 g/mol. The standard InChI is InChI=1S/C42H27NS/c1-2-10-28(11-3-1)29-18-20-30(21-19-29)43(32-23-25-42-40(27-32)38-16-8-9-17-41(38)44-42)31-22-24-37-35-14-5-4-12-33(35)34-13-6-7-15-36(34)39(37)26-31/h1-27H. The molecule has 1 aromatic heterocycles. The van der Waals surface area contributed by atoms with Crippen molar-refractivity contribution in [2.24, 2.45) is 0 Å². The Morgan fingerprint density at radius 2 is 0.750 bits per heavy atom. The minimum atomic E-state index is 1.13. The Bertz CT molecular complexity index is 2450. The van der Waals surface area contributed by atoms with Crippen LogP contribution in [0.3, 0.4) is 0 Å². The Kier molecular flexibility index (Phi) is 5.75. The van der Waals surface area contributed by atoms with E-state index in [9.17, 15) is 0 Å². The first kappa shape index (κ1) is 25.1. The largest absolute Gasteiger partial charge is 0.310 e. The van der Waals surface area contributed by atoms with E-state index in [-0.39, 0.29) is 0 Å².